The maximum atomic E-state index is 11.3. The second-order valence-electron chi connectivity index (χ2n) is 4.41. The van der Waals surface area contributed by atoms with Crippen molar-refractivity contribution in [2.45, 2.75) is 38.1 Å². The van der Waals surface area contributed by atoms with Crippen LogP contribution in [-0.2, 0) is 9.59 Å². The minimum atomic E-state index is -1.04. The van der Waals surface area contributed by atoms with E-state index in [1.807, 2.05) is 0 Å². The highest BCUT2D eigenvalue weighted by atomic mass is 16.4. The van der Waals surface area contributed by atoms with Crippen LogP contribution in [0.15, 0.2) is 12.2 Å². The number of hydrogen-bond acceptors (Lipinski definition) is 5. The van der Waals surface area contributed by atoms with Crippen LogP contribution in [0.1, 0.15) is 19.8 Å². The number of aliphatic carboxylic acids is 1. The third kappa shape index (κ3) is 4.82. The number of carbonyl (C=O) groups is 2. The maximum absolute atomic E-state index is 11.3. The molecule has 3 unspecified atom stereocenters. The maximum Gasteiger partial charge on any atom is 0.326 e. The number of rotatable bonds is 8. The van der Waals surface area contributed by atoms with Crippen molar-refractivity contribution in [2.75, 3.05) is 6.54 Å². The Hall–Kier alpha value is -1.44. The zero-order valence-corrected chi connectivity index (χ0v) is 10.4. The topological polar surface area (TPSA) is 126 Å². The van der Waals surface area contributed by atoms with Crippen molar-refractivity contribution >= 4 is 11.9 Å². The van der Waals surface area contributed by atoms with Gasteiger partial charge in [0.2, 0.25) is 5.91 Å². The van der Waals surface area contributed by atoms with Gasteiger partial charge in [0.15, 0.2) is 0 Å². The fourth-order valence-electron chi connectivity index (χ4n) is 1.44. The first-order valence-electron chi connectivity index (χ1n) is 5.86. The van der Waals surface area contributed by atoms with Crippen molar-refractivity contribution in [1.82, 2.24) is 16.0 Å². The van der Waals surface area contributed by atoms with Crippen LogP contribution in [0.4, 0.5) is 0 Å². The van der Waals surface area contributed by atoms with Gasteiger partial charge in [-0.1, -0.05) is 6.58 Å². The molecule has 7 heteroatoms. The summed E-state index contributed by atoms with van der Waals surface area (Å²) in [4.78, 5) is 22.3. The highest BCUT2D eigenvalue weighted by molar-refractivity contribution is 5.94. The molecule has 0 radical (unpaired) electrons. The normalized spacial score (nSPS) is 23.2. The molecule has 0 spiro atoms. The molecule has 1 fully saturated rings. The summed E-state index contributed by atoms with van der Waals surface area (Å²) in [6, 6.07) is -0.878. The van der Waals surface area contributed by atoms with Gasteiger partial charge in [-0.25, -0.2) is 4.79 Å². The highest BCUT2D eigenvalue weighted by Gasteiger charge is 2.31. The molecule has 18 heavy (non-hydrogen) atoms. The molecular weight excluding hydrogens is 236 g/mol. The van der Waals surface area contributed by atoms with Gasteiger partial charge in [-0.2, -0.15) is 0 Å². The van der Waals surface area contributed by atoms with E-state index in [1.54, 1.807) is 0 Å². The van der Waals surface area contributed by atoms with Gasteiger partial charge in [0.25, 0.3) is 0 Å². The molecule has 3 atom stereocenters. The van der Waals surface area contributed by atoms with Crippen LogP contribution >= 0.6 is 0 Å². The van der Waals surface area contributed by atoms with Gasteiger partial charge in [0, 0.05) is 5.57 Å². The molecule has 0 bridgehead atoms. The Morgan fingerprint density at radius 1 is 1.56 bits per heavy atom. The molecule has 0 aromatic rings. The lowest BCUT2D eigenvalue weighted by Gasteiger charge is -2.14. The van der Waals surface area contributed by atoms with Gasteiger partial charge >= 0.3 is 5.97 Å². The summed E-state index contributed by atoms with van der Waals surface area (Å²) in [5, 5.41) is 17.5. The van der Waals surface area contributed by atoms with Crippen molar-refractivity contribution < 1.29 is 14.7 Å². The van der Waals surface area contributed by atoms with Gasteiger partial charge in [-0.05, 0) is 26.3 Å². The Morgan fingerprint density at radius 2 is 2.17 bits per heavy atom. The summed E-state index contributed by atoms with van der Waals surface area (Å²) in [6.07, 6.45) is 1.11. The van der Waals surface area contributed by atoms with Crippen LogP contribution in [0.5, 0.6) is 0 Å². The predicted molar refractivity (Wildman–Crippen MR) is 66.5 cm³/mol. The van der Waals surface area contributed by atoms with E-state index in [0.29, 0.717) is 25.0 Å². The molecule has 0 aromatic carbocycles. The SMILES string of the molecule is C=C(C)C(=O)NC(CCCNC1NC1N)C(=O)O. The smallest absolute Gasteiger partial charge is 0.326 e. The van der Waals surface area contributed by atoms with E-state index in [4.69, 9.17) is 10.8 Å². The van der Waals surface area contributed by atoms with Crippen molar-refractivity contribution in [1.29, 1.82) is 0 Å². The van der Waals surface area contributed by atoms with Crippen molar-refractivity contribution in [2.24, 2.45) is 5.73 Å². The van der Waals surface area contributed by atoms with E-state index >= 15 is 0 Å². The van der Waals surface area contributed by atoms with Gasteiger partial charge < -0.3 is 16.2 Å². The number of hydrogen-bond donors (Lipinski definition) is 5. The molecule has 7 nitrogen and oxygen atoms in total. The number of carboxylic acids is 1. The lowest BCUT2D eigenvalue weighted by Crippen LogP contribution is -2.41. The number of amides is 1. The lowest BCUT2D eigenvalue weighted by atomic mass is 10.1. The summed E-state index contributed by atoms with van der Waals surface area (Å²) >= 11 is 0. The number of carbonyl (C=O) groups excluding carboxylic acids is 1. The summed E-state index contributed by atoms with van der Waals surface area (Å²) < 4.78 is 0. The Balaban J connectivity index is 2.22. The first-order chi connectivity index (χ1) is 8.41. The monoisotopic (exact) mass is 256 g/mol. The fraction of sp³-hybridized carbons (Fsp3) is 0.636. The van der Waals surface area contributed by atoms with Crippen LogP contribution in [0, 0.1) is 0 Å². The molecular formula is C11H20N4O3. The number of nitrogens with two attached hydrogens (primary N) is 1. The summed E-state index contributed by atoms with van der Waals surface area (Å²) in [7, 11) is 0. The molecule has 0 aromatic heterocycles. The minimum Gasteiger partial charge on any atom is -0.480 e. The number of carboxylic acid groups (broad SMARTS) is 1. The van der Waals surface area contributed by atoms with Crippen LogP contribution in [-0.4, -0.2) is 41.9 Å². The van der Waals surface area contributed by atoms with Gasteiger partial charge in [-0.3, -0.25) is 15.4 Å². The third-order valence-corrected chi connectivity index (χ3v) is 2.65. The molecule has 1 saturated heterocycles. The molecule has 1 rings (SSSR count). The Bertz CT molecular complexity index is 345. The van der Waals surface area contributed by atoms with Crippen molar-refractivity contribution in [3.05, 3.63) is 12.2 Å². The van der Waals surface area contributed by atoms with Crippen LogP contribution in [0.2, 0.25) is 0 Å². The van der Waals surface area contributed by atoms with Gasteiger partial charge in [0.05, 0.1) is 12.3 Å². The lowest BCUT2D eigenvalue weighted by molar-refractivity contribution is -0.141. The molecule has 0 saturated carbocycles. The standard InChI is InChI=1S/C11H20N4O3/c1-6(2)10(16)14-7(11(17)18)4-3-5-13-9-8(12)15-9/h7-9,13,15H,1,3-5,12H2,2H3,(H,14,16)(H,17,18). The van der Waals surface area contributed by atoms with Crippen molar-refractivity contribution in [3.8, 4) is 0 Å². The first kappa shape index (κ1) is 14.6. The highest BCUT2D eigenvalue weighted by Crippen LogP contribution is 2.02. The second-order valence-corrected chi connectivity index (χ2v) is 4.41. The first-order valence-corrected chi connectivity index (χ1v) is 5.86. The summed E-state index contributed by atoms with van der Waals surface area (Å²) in [5.41, 5.74) is 5.82. The van der Waals surface area contributed by atoms with E-state index in [0.717, 1.165) is 0 Å². The Morgan fingerprint density at radius 3 is 2.61 bits per heavy atom. The van der Waals surface area contributed by atoms with E-state index < -0.39 is 17.9 Å². The Kier molecular flexibility index (Phi) is 5.26. The van der Waals surface area contributed by atoms with E-state index in [2.05, 4.69) is 22.5 Å². The minimum absolute atomic E-state index is 0.0108. The summed E-state index contributed by atoms with van der Waals surface area (Å²) in [5.74, 6) is -1.47. The average molecular weight is 256 g/mol. The van der Waals surface area contributed by atoms with Crippen LogP contribution in [0.25, 0.3) is 0 Å². The third-order valence-electron chi connectivity index (χ3n) is 2.65. The zero-order chi connectivity index (χ0) is 13.7. The molecule has 1 aliphatic heterocycles. The number of nitrogens with one attached hydrogen (secondary N) is 3. The van der Waals surface area contributed by atoms with Crippen molar-refractivity contribution in [3.63, 3.8) is 0 Å². The molecule has 102 valence electrons. The van der Waals surface area contributed by atoms with E-state index in [-0.39, 0.29) is 12.3 Å². The summed E-state index contributed by atoms with van der Waals surface area (Å²) in [6.45, 7) is 5.65. The zero-order valence-electron chi connectivity index (χ0n) is 10.4. The van der Waals surface area contributed by atoms with Crippen LogP contribution in [0.3, 0.4) is 0 Å². The molecule has 1 heterocycles. The van der Waals surface area contributed by atoms with E-state index in [1.165, 1.54) is 6.92 Å². The quantitative estimate of drug-likeness (QED) is 0.209. The fourth-order valence-corrected chi connectivity index (χ4v) is 1.44. The Labute approximate surface area is 106 Å². The van der Waals surface area contributed by atoms with E-state index in [9.17, 15) is 9.59 Å². The predicted octanol–water partition coefficient (Wildman–Crippen LogP) is -1.28. The molecule has 6 N–H and O–H groups in total. The average Bonchev–Trinajstić information content (AvgIpc) is 2.98. The van der Waals surface area contributed by atoms with Gasteiger partial charge in [-0.15, -0.1) is 0 Å². The largest absolute Gasteiger partial charge is 0.480 e. The molecule has 1 aliphatic rings. The molecule has 0 aliphatic carbocycles. The molecule has 1 amide bonds. The van der Waals surface area contributed by atoms with Gasteiger partial charge in [0.1, 0.15) is 6.04 Å². The van der Waals surface area contributed by atoms with Crippen LogP contribution < -0.4 is 21.7 Å². The second kappa shape index (κ2) is 6.48.